The molecule has 1 aromatic heterocycles. The molecular formula is C20H19Cl2N3O3S. The van der Waals surface area contributed by atoms with Crippen molar-refractivity contribution in [3.8, 4) is 11.5 Å². The molecule has 0 unspecified atom stereocenters. The molecule has 1 fully saturated rings. The van der Waals surface area contributed by atoms with Crippen molar-refractivity contribution in [1.82, 2.24) is 9.88 Å². The van der Waals surface area contributed by atoms with Gasteiger partial charge < -0.3 is 19.3 Å². The van der Waals surface area contributed by atoms with Gasteiger partial charge in [-0.1, -0.05) is 34.5 Å². The van der Waals surface area contributed by atoms with Crippen LogP contribution in [-0.2, 0) is 0 Å². The summed E-state index contributed by atoms with van der Waals surface area (Å²) < 4.78 is 11.6. The van der Waals surface area contributed by atoms with Crippen LogP contribution < -0.4 is 14.4 Å². The summed E-state index contributed by atoms with van der Waals surface area (Å²) in [6, 6.07) is 8.71. The number of piperazine rings is 1. The maximum atomic E-state index is 13.0. The molecule has 0 atom stereocenters. The number of amides is 1. The lowest BCUT2D eigenvalue weighted by molar-refractivity contribution is 0.0743. The average Bonchev–Trinajstić information content (AvgIpc) is 3.20. The fourth-order valence-corrected chi connectivity index (χ4v) is 4.84. The number of nitrogens with zero attached hydrogens (tertiary/aromatic N) is 3. The van der Waals surface area contributed by atoms with Crippen LogP contribution in [0.3, 0.4) is 0 Å². The Morgan fingerprint density at radius 2 is 1.72 bits per heavy atom. The summed E-state index contributed by atoms with van der Waals surface area (Å²) in [5.74, 6) is 1.14. The fraction of sp³-hybridized carbons (Fsp3) is 0.300. The first kappa shape index (κ1) is 20.1. The number of anilines is 1. The van der Waals surface area contributed by atoms with Gasteiger partial charge in [-0.15, -0.1) is 0 Å². The topological polar surface area (TPSA) is 54.9 Å². The molecule has 0 spiro atoms. The predicted molar refractivity (Wildman–Crippen MR) is 117 cm³/mol. The molecule has 0 bridgehead atoms. The minimum Gasteiger partial charge on any atom is -0.496 e. The van der Waals surface area contributed by atoms with Crippen LogP contribution in [0.5, 0.6) is 11.5 Å². The van der Waals surface area contributed by atoms with Gasteiger partial charge >= 0.3 is 0 Å². The Morgan fingerprint density at radius 3 is 2.41 bits per heavy atom. The monoisotopic (exact) mass is 451 g/mol. The average molecular weight is 452 g/mol. The van der Waals surface area contributed by atoms with Crippen LogP contribution in [0.25, 0.3) is 10.2 Å². The van der Waals surface area contributed by atoms with E-state index in [1.165, 1.54) is 11.3 Å². The second-order valence-electron chi connectivity index (χ2n) is 6.55. The van der Waals surface area contributed by atoms with Crippen molar-refractivity contribution in [2.75, 3.05) is 45.3 Å². The number of halogens is 2. The van der Waals surface area contributed by atoms with Crippen LogP contribution in [0.1, 0.15) is 10.4 Å². The van der Waals surface area contributed by atoms with Gasteiger partial charge in [0.1, 0.15) is 17.0 Å². The summed E-state index contributed by atoms with van der Waals surface area (Å²) in [6.07, 6.45) is 0. The highest BCUT2D eigenvalue weighted by Crippen LogP contribution is 2.39. The van der Waals surface area contributed by atoms with Crippen molar-refractivity contribution in [1.29, 1.82) is 0 Å². The molecule has 0 radical (unpaired) electrons. The van der Waals surface area contributed by atoms with Crippen LogP contribution >= 0.6 is 34.5 Å². The Labute approximate surface area is 182 Å². The summed E-state index contributed by atoms with van der Waals surface area (Å²) in [6.45, 7) is 2.51. The van der Waals surface area contributed by atoms with Crippen molar-refractivity contribution in [2.45, 2.75) is 0 Å². The van der Waals surface area contributed by atoms with Crippen molar-refractivity contribution >= 4 is 55.8 Å². The van der Waals surface area contributed by atoms with E-state index in [0.717, 1.165) is 15.3 Å². The van der Waals surface area contributed by atoms with E-state index in [1.54, 1.807) is 32.4 Å². The zero-order valence-electron chi connectivity index (χ0n) is 15.9. The van der Waals surface area contributed by atoms with Gasteiger partial charge in [0.15, 0.2) is 5.13 Å². The third-order valence-corrected chi connectivity index (χ3v) is 6.71. The molecule has 29 heavy (non-hydrogen) atoms. The minimum atomic E-state index is -0.0852. The van der Waals surface area contributed by atoms with E-state index in [9.17, 15) is 4.79 Å². The lowest BCUT2D eigenvalue weighted by atomic mass is 10.1. The number of benzene rings is 2. The highest BCUT2D eigenvalue weighted by molar-refractivity contribution is 7.22. The molecule has 0 aliphatic carbocycles. The van der Waals surface area contributed by atoms with Gasteiger partial charge in [0.2, 0.25) is 0 Å². The number of thiazole rings is 1. The normalized spacial score (nSPS) is 14.3. The number of ether oxygens (including phenoxy) is 2. The molecule has 1 aliphatic heterocycles. The van der Waals surface area contributed by atoms with E-state index >= 15 is 0 Å². The van der Waals surface area contributed by atoms with Gasteiger partial charge in [-0.05, 0) is 30.3 Å². The lowest BCUT2D eigenvalue weighted by Crippen LogP contribution is -2.48. The highest BCUT2D eigenvalue weighted by Gasteiger charge is 2.26. The Kier molecular flexibility index (Phi) is 5.72. The van der Waals surface area contributed by atoms with Gasteiger partial charge in [-0.2, -0.15) is 0 Å². The summed E-state index contributed by atoms with van der Waals surface area (Å²) >= 11 is 13.9. The number of methoxy groups -OCH3 is 2. The quantitative estimate of drug-likeness (QED) is 0.580. The largest absolute Gasteiger partial charge is 0.496 e. The van der Waals surface area contributed by atoms with E-state index in [1.807, 2.05) is 17.0 Å². The van der Waals surface area contributed by atoms with Crippen LogP contribution in [-0.4, -0.2) is 56.2 Å². The molecule has 6 nitrogen and oxygen atoms in total. The minimum absolute atomic E-state index is 0.0852. The van der Waals surface area contributed by atoms with E-state index < -0.39 is 0 Å². The van der Waals surface area contributed by atoms with Gasteiger partial charge in [0.25, 0.3) is 5.91 Å². The van der Waals surface area contributed by atoms with E-state index in [4.69, 9.17) is 37.7 Å². The van der Waals surface area contributed by atoms with Crippen molar-refractivity contribution in [2.24, 2.45) is 0 Å². The first-order chi connectivity index (χ1) is 14.0. The number of carbonyl (C=O) groups excluding carboxylic acids is 1. The molecule has 0 N–H and O–H groups in total. The Balaban J connectivity index is 1.51. The third kappa shape index (κ3) is 3.82. The molecular weight excluding hydrogens is 433 g/mol. The summed E-state index contributed by atoms with van der Waals surface area (Å²) in [7, 11) is 3.17. The van der Waals surface area contributed by atoms with Crippen LogP contribution in [0.4, 0.5) is 5.13 Å². The highest BCUT2D eigenvalue weighted by atomic mass is 35.5. The SMILES string of the molecule is COc1ccc(Cl)cc1C(=O)N1CCN(c2nc3c(OC)ccc(Cl)c3s2)CC1. The maximum Gasteiger partial charge on any atom is 0.257 e. The van der Waals surface area contributed by atoms with Crippen LogP contribution in [0.2, 0.25) is 10.0 Å². The molecule has 1 amide bonds. The van der Waals surface area contributed by atoms with Crippen molar-refractivity contribution < 1.29 is 14.3 Å². The van der Waals surface area contributed by atoms with E-state index in [-0.39, 0.29) is 5.91 Å². The fourth-order valence-electron chi connectivity index (χ4n) is 3.36. The number of carbonyl (C=O) groups is 1. The molecule has 9 heteroatoms. The third-order valence-electron chi connectivity index (χ3n) is 4.90. The smallest absolute Gasteiger partial charge is 0.257 e. The van der Waals surface area contributed by atoms with E-state index in [0.29, 0.717) is 53.3 Å². The number of rotatable bonds is 4. The number of aromatic nitrogens is 1. The molecule has 0 saturated carbocycles. The number of hydrogen-bond donors (Lipinski definition) is 0. The Hall–Kier alpha value is -2.22. The molecule has 2 heterocycles. The number of fused-ring (bicyclic) bond motifs is 1. The van der Waals surface area contributed by atoms with E-state index in [2.05, 4.69) is 4.90 Å². The zero-order valence-corrected chi connectivity index (χ0v) is 18.3. The molecule has 2 aromatic carbocycles. The first-order valence-electron chi connectivity index (χ1n) is 9.02. The second kappa shape index (κ2) is 8.26. The van der Waals surface area contributed by atoms with Crippen molar-refractivity contribution in [3.05, 3.63) is 45.9 Å². The number of hydrogen-bond acceptors (Lipinski definition) is 6. The van der Waals surface area contributed by atoms with Crippen molar-refractivity contribution in [3.63, 3.8) is 0 Å². The summed E-state index contributed by atoms with van der Waals surface area (Å²) in [5, 5.41) is 2.04. The van der Waals surface area contributed by atoms with Gasteiger partial charge in [-0.3, -0.25) is 4.79 Å². The molecule has 1 saturated heterocycles. The van der Waals surface area contributed by atoms with Crippen LogP contribution in [0, 0.1) is 0 Å². The summed E-state index contributed by atoms with van der Waals surface area (Å²) in [5.41, 5.74) is 1.24. The standard InChI is InChI=1S/C20H19Cl2N3O3S/c1-27-15-5-3-12(21)11-13(15)19(26)24-7-9-25(10-8-24)20-23-17-16(28-2)6-4-14(22)18(17)29-20/h3-6,11H,7-10H2,1-2H3. The maximum absolute atomic E-state index is 13.0. The lowest BCUT2D eigenvalue weighted by Gasteiger charge is -2.34. The Morgan fingerprint density at radius 1 is 1.03 bits per heavy atom. The van der Waals surface area contributed by atoms with Gasteiger partial charge in [-0.25, -0.2) is 4.98 Å². The summed E-state index contributed by atoms with van der Waals surface area (Å²) in [4.78, 5) is 21.7. The molecule has 1 aliphatic rings. The second-order valence-corrected chi connectivity index (χ2v) is 8.37. The Bertz CT molecular complexity index is 1060. The molecule has 152 valence electrons. The predicted octanol–water partition coefficient (Wildman–Crippen LogP) is 4.58. The molecule has 3 aromatic rings. The van der Waals surface area contributed by atoms with Gasteiger partial charge in [0.05, 0.1) is 29.5 Å². The molecule has 4 rings (SSSR count). The zero-order chi connectivity index (χ0) is 20.5. The van der Waals surface area contributed by atoms with Crippen LogP contribution in [0.15, 0.2) is 30.3 Å². The van der Waals surface area contributed by atoms with Gasteiger partial charge in [0, 0.05) is 31.2 Å². The first-order valence-corrected chi connectivity index (χ1v) is 10.6.